The highest BCUT2D eigenvalue weighted by Gasteiger charge is 2.36. The molecule has 0 unspecified atom stereocenters. The second-order valence-electron chi connectivity index (χ2n) is 7.43. The van der Waals surface area contributed by atoms with Crippen molar-refractivity contribution < 1.29 is 4.79 Å². The number of carbonyl (C=O) groups is 1. The molecule has 0 spiro atoms. The molecule has 2 fully saturated rings. The fraction of sp³-hybridized carbons (Fsp3) is 0.500. The van der Waals surface area contributed by atoms with E-state index in [4.69, 9.17) is 0 Å². The number of anilines is 1. The molecule has 1 aliphatic heterocycles. The van der Waals surface area contributed by atoms with Crippen molar-refractivity contribution in [2.24, 2.45) is 0 Å². The number of aromatic amines is 1. The summed E-state index contributed by atoms with van der Waals surface area (Å²) in [5, 5.41) is 3.12. The van der Waals surface area contributed by atoms with Crippen LogP contribution in [0.1, 0.15) is 55.8 Å². The van der Waals surface area contributed by atoms with E-state index in [9.17, 15) is 9.59 Å². The lowest BCUT2D eigenvalue weighted by molar-refractivity contribution is -0.130. The Morgan fingerprint density at radius 2 is 2.04 bits per heavy atom. The van der Waals surface area contributed by atoms with Crippen molar-refractivity contribution in [1.29, 1.82) is 0 Å². The number of likely N-dealkylation sites (tertiary alicyclic amines) is 1. The van der Waals surface area contributed by atoms with Crippen LogP contribution in [-0.2, 0) is 11.3 Å². The van der Waals surface area contributed by atoms with Gasteiger partial charge in [0, 0.05) is 37.2 Å². The zero-order valence-corrected chi connectivity index (χ0v) is 15.4. The molecule has 0 aromatic carbocycles. The lowest BCUT2D eigenvalue weighted by Crippen LogP contribution is -2.37. The van der Waals surface area contributed by atoms with Gasteiger partial charge in [-0.15, -0.1) is 0 Å². The second kappa shape index (κ2) is 7.90. The van der Waals surface area contributed by atoms with E-state index in [1.165, 1.54) is 25.3 Å². The van der Waals surface area contributed by atoms with Crippen molar-refractivity contribution in [3.63, 3.8) is 0 Å². The van der Waals surface area contributed by atoms with Gasteiger partial charge in [-0.2, -0.15) is 0 Å². The highest BCUT2D eigenvalue weighted by atomic mass is 16.2. The zero-order valence-electron chi connectivity index (χ0n) is 15.4. The SMILES string of the molecule is O=C1C[C@H](c2cc(=O)[nH]c(NCc3ccccn3)n2)CN1C1CCCCC1. The first-order valence-corrected chi connectivity index (χ1v) is 9.73. The number of pyridine rings is 1. The molecule has 2 aromatic heterocycles. The van der Waals surface area contributed by atoms with Crippen LogP contribution in [0.15, 0.2) is 35.3 Å². The first kappa shape index (κ1) is 17.7. The van der Waals surface area contributed by atoms with Crippen LogP contribution in [0.5, 0.6) is 0 Å². The largest absolute Gasteiger partial charge is 0.350 e. The van der Waals surface area contributed by atoms with E-state index >= 15 is 0 Å². The van der Waals surface area contributed by atoms with Gasteiger partial charge in [-0.25, -0.2) is 4.98 Å². The van der Waals surface area contributed by atoms with E-state index in [-0.39, 0.29) is 17.4 Å². The van der Waals surface area contributed by atoms with Crippen LogP contribution in [0.4, 0.5) is 5.95 Å². The number of H-pyrrole nitrogens is 1. The number of hydrogen-bond donors (Lipinski definition) is 2. The third-order valence-corrected chi connectivity index (χ3v) is 5.52. The molecule has 1 saturated heterocycles. The molecule has 0 radical (unpaired) electrons. The lowest BCUT2D eigenvalue weighted by Gasteiger charge is -2.31. The molecule has 7 heteroatoms. The van der Waals surface area contributed by atoms with Gasteiger partial charge in [-0.1, -0.05) is 25.3 Å². The van der Waals surface area contributed by atoms with Crippen LogP contribution in [0.2, 0.25) is 0 Å². The third kappa shape index (κ3) is 4.18. The first-order chi connectivity index (χ1) is 13.2. The van der Waals surface area contributed by atoms with E-state index < -0.39 is 0 Å². The summed E-state index contributed by atoms with van der Waals surface area (Å²) in [4.78, 5) is 38.2. The Labute approximate surface area is 158 Å². The average molecular weight is 367 g/mol. The molecule has 27 heavy (non-hydrogen) atoms. The number of rotatable bonds is 5. The number of nitrogens with one attached hydrogen (secondary N) is 2. The Balaban J connectivity index is 1.46. The van der Waals surface area contributed by atoms with Crippen LogP contribution >= 0.6 is 0 Å². The van der Waals surface area contributed by atoms with Crippen molar-refractivity contribution >= 4 is 11.9 Å². The predicted octanol–water partition coefficient (Wildman–Crippen LogP) is 2.43. The van der Waals surface area contributed by atoms with Gasteiger partial charge in [-0.05, 0) is 25.0 Å². The van der Waals surface area contributed by atoms with Crippen molar-refractivity contribution in [2.75, 3.05) is 11.9 Å². The van der Waals surface area contributed by atoms with Gasteiger partial charge < -0.3 is 10.2 Å². The van der Waals surface area contributed by atoms with E-state index in [0.29, 0.717) is 37.2 Å². The summed E-state index contributed by atoms with van der Waals surface area (Å²) < 4.78 is 0. The van der Waals surface area contributed by atoms with Crippen molar-refractivity contribution in [2.45, 2.75) is 57.0 Å². The minimum atomic E-state index is -0.202. The molecular weight excluding hydrogens is 342 g/mol. The standard InChI is InChI=1S/C20H25N5O2/c26-18-11-17(23-20(24-18)22-12-15-6-4-5-9-21-15)14-10-19(27)25(13-14)16-7-2-1-3-8-16/h4-6,9,11,14,16H,1-3,7-8,10,12-13H2,(H2,22,23,24,26)/t14-/m0/s1. The lowest BCUT2D eigenvalue weighted by atomic mass is 9.94. The maximum atomic E-state index is 12.5. The topological polar surface area (TPSA) is 91.0 Å². The summed E-state index contributed by atoms with van der Waals surface area (Å²) in [7, 11) is 0. The quantitative estimate of drug-likeness (QED) is 0.847. The van der Waals surface area contributed by atoms with Crippen LogP contribution in [0.3, 0.4) is 0 Å². The zero-order chi connectivity index (χ0) is 18.6. The van der Waals surface area contributed by atoms with Gasteiger partial charge in [0.25, 0.3) is 5.56 Å². The third-order valence-electron chi connectivity index (χ3n) is 5.52. The summed E-state index contributed by atoms with van der Waals surface area (Å²) in [6.45, 7) is 1.14. The van der Waals surface area contributed by atoms with Crippen LogP contribution < -0.4 is 10.9 Å². The molecule has 2 aromatic rings. The first-order valence-electron chi connectivity index (χ1n) is 9.73. The Morgan fingerprint density at radius 3 is 2.81 bits per heavy atom. The molecule has 1 amide bonds. The Morgan fingerprint density at radius 1 is 1.19 bits per heavy atom. The molecule has 1 aliphatic carbocycles. The minimum Gasteiger partial charge on any atom is -0.350 e. The van der Waals surface area contributed by atoms with Gasteiger partial charge in [0.05, 0.1) is 17.9 Å². The average Bonchev–Trinajstić information content (AvgIpc) is 3.09. The summed E-state index contributed by atoms with van der Waals surface area (Å²) in [6, 6.07) is 7.57. The van der Waals surface area contributed by atoms with E-state index in [0.717, 1.165) is 18.5 Å². The molecule has 3 heterocycles. The van der Waals surface area contributed by atoms with Gasteiger partial charge in [-0.3, -0.25) is 19.6 Å². The number of aromatic nitrogens is 3. The summed E-state index contributed by atoms with van der Waals surface area (Å²) >= 11 is 0. The Kier molecular flexibility index (Phi) is 5.18. The highest BCUT2D eigenvalue weighted by Crippen LogP contribution is 2.32. The summed E-state index contributed by atoms with van der Waals surface area (Å²) in [5.74, 6) is 0.598. The summed E-state index contributed by atoms with van der Waals surface area (Å²) in [6.07, 6.45) is 8.02. The Hall–Kier alpha value is -2.70. The molecule has 142 valence electrons. The maximum absolute atomic E-state index is 12.5. The van der Waals surface area contributed by atoms with Gasteiger partial charge in [0.2, 0.25) is 11.9 Å². The van der Waals surface area contributed by atoms with Gasteiger partial charge in [0.15, 0.2) is 0 Å². The Bertz CT molecular complexity index is 845. The number of carbonyl (C=O) groups excluding carboxylic acids is 1. The molecule has 1 atom stereocenters. The van der Waals surface area contributed by atoms with Gasteiger partial charge >= 0.3 is 0 Å². The van der Waals surface area contributed by atoms with Crippen LogP contribution in [0.25, 0.3) is 0 Å². The number of hydrogen-bond acceptors (Lipinski definition) is 5. The summed E-state index contributed by atoms with van der Waals surface area (Å²) in [5.41, 5.74) is 1.35. The van der Waals surface area contributed by atoms with Crippen molar-refractivity contribution in [3.8, 4) is 0 Å². The monoisotopic (exact) mass is 367 g/mol. The fourth-order valence-corrected chi connectivity index (χ4v) is 4.12. The van der Waals surface area contributed by atoms with Crippen LogP contribution in [-0.4, -0.2) is 38.3 Å². The molecule has 0 bridgehead atoms. The molecule has 1 saturated carbocycles. The van der Waals surface area contributed by atoms with E-state index in [2.05, 4.69) is 20.3 Å². The van der Waals surface area contributed by atoms with Crippen molar-refractivity contribution in [1.82, 2.24) is 19.9 Å². The normalized spacial score (nSPS) is 20.8. The fourth-order valence-electron chi connectivity index (χ4n) is 4.12. The van der Waals surface area contributed by atoms with Crippen molar-refractivity contribution in [3.05, 3.63) is 52.2 Å². The predicted molar refractivity (Wildman–Crippen MR) is 102 cm³/mol. The number of nitrogens with zero attached hydrogens (tertiary/aromatic N) is 3. The molecular formula is C20H25N5O2. The van der Waals surface area contributed by atoms with E-state index in [1.54, 1.807) is 6.20 Å². The molecule has 7 nitrogen and oxygen atoms in total. The molecule has 4 rings (SSSR count). The molecule has 2 aliphatic rings. The minimum absolute atomic E-state index is 0.0165. The van der Waals surface area contributed by atoms with Gasteiger partial charge in [0.1, 0.15) is 0 Å². The van der Waals surface area contributed by atoms with Crippen LogP contribution in [0, 0.1) is 0 Å². The second-order valence-corrected chi connectivity index (χ2v) is 7.43. The highest BCUT2D eigenvalue weighted by molar-refractivity contribution is 5.80. The maximum Gasteiger partial charge on any atom is 0.252 e. The number of amides is 1. The smallest absolute Gasteiger partial charge is 0.252 e. The van der Waals surface area contributed by atoms with E-state index in [1.807, 2.05) is 23.1 Å². The molecule has 2 N–H and O–H groups in total.